The molecule has 7 nitrogen and oxygen atoms in total. The van der Waals surface area contributed by atoms with Crippen LogP contribution in [-0.2, 0) is 33.2 Å². The molecular weight excluding hydrogens is 564 g/mol. The first kappa shape index (κ1) is 31.4. The van der Waals surface area contributed by atoms with Gasteiger partial charge in [-0.15, -0.1) is 0 Å². The van der Waals surface area contributed by atoms with Crippen LogP contribution >= 0.6 is 15.9 Å². The van der Waals surface area contributed by atoms with Gasteiger partial charge in [0, 0.05) is 36.8 Å². The number of hydrogen-bond acceptors (Lipinski definition) is 7. The Bertz CT molecular complexity index is 736. The number of esters is 1. The van der Waals surface area contributed by atoms with E-state index in [0.717, 1.165) is 83.8 Å². The van der Waals surface area contributed by atoms with Crippen molar-refractivity contribution in [2.75, 3.05) is 20.3 Å². The Kier molecular flexibility index (Phi) is 13.5. The smallest absolute Gasteiger partial charge is 0.305 e. The fourth-order valence-electron chi connectivity index (χ4n) is 6.56. The zero-order valence-electron chi connectivity index (χ0n) is 24.1. The van der Waals surface area contributed by atoms with Crippen LogP contribution < -0.4 is 0 Å². The zero-order valence-corrected chi connectivity index (χ0v) is 25.7. The maximum Gasteiger partial charge on any atom is 0.305 e. The Labute approximate surface area is 244 Å². The van der Waals surface area contributed by atoms with Gasteiger partial charge >= 0.3 is 5.97 Å². The largest absolute Gasteiger partial charge is 0.469 e. The minimum atomic E-state index is -0.150. The summed E-state index contributed by atoms with van der Waals surface area (Å²) in [5.41, 5.74) is 0. The number of carbonyl (C=O) groups excluding carboxylic acids is 1. The molecule has 3 aliphatic heterocycles. The van der Waals surface area contributed by atoms with Gasteiger partial charge in [-0.2, -0.15) is 0 Å². The molecule has 0 spiro atoms. The van der Waals surface area contributed by atoms with Crippen LogP contribution in [0.1, 0.15) is 103 Å². The van der Waals surface area contributed by atoms with E-state index < -0.39 is 0 Å². The first-order chi connectivity index (χ1) is 19.1. The van der Waals surface area contributed by atoms with Crippen LogP contribution in [0.15, 0.2) is 12.2 Å². The molecule has 0 N–H and O–H groups in total. The molecule has 4 unspecified atom stereocenters. The zero-order chi connectivity index (χ0) is 27.5. The molecule has 4 rings (SSSR count). The third kappa shape index (κ3) is 9.78. The van der Waals surface area contributed by atoms with E-state index in [0.29, 0.717) is 12.3 Å². The Hall–Kier alpha value is -0.510. The van der Waals surface area contributed by atoms with Crippen molar-refractivity contribution in [3.63, 3.8) is 0 Å². The average molecular weight is 616 g/mol. The van der Waals surface area contributed by atoms with Gasteiger partial charge in [0.15, 0.2) is 12.6 Å². The molecular formula is C31H51BrO7. The van der Waals surface area contributed by atoms with Gasteiger partial charge in [-0.3, -0.25) is 4.79 Å². The van der Waals surface area contributed by atoms with Gasteiger partial charge in [-0.25, -0.2) is 0 Å². The molecule has 224 valence electrons. The van der Waals surface area contributed by atoms with Crippen LogP contribution in [0, 0.1) is 11.8 Å². The van der Waals surface area contributed by atoms with Crippen molar-refractivity contribution in [3.8, 4) is 0 Å². The lowest BCUT2D eigenvalue weighted by Crippen LogP contribution is -2.32. The highest BCUT2D eigenvalue weighted by atomic mass is 79.9. The van der Waals surface area contributed by atoms with Crippen LogP contribution in [0.4, 0.5) is 0 Å². The van der Waals surface area contributed by atoms with E-state index in [1.807, 2.05) is 0 Å². The van der Waals surface area contributed by atoms with Crippen molar-refractivity contribution in [1.82, 2.24) is 0 Å². The second-order valence-electron chi connectivity index (χ2n) is 11.7. The van der Waals surface area contributed by atoms with E-state index in [1.165, 1.54) is 26.4 Å². The molecule has 9 atom stereocenters. The number of hydrogen-bond donors (Lipinski definition) is 0. The summed E-state index contributed by atoms with van der Waals surface area (Å²) in [6.07, 6.45) is 20.1. The summed E-state index contributed by atoms with van der Waals surface area (Å²) in [7, 11) is 1.45. The average Bonchev–Trinajstić information content (AvgIpc) is 3.50. The molecule has 0 radical (unpaired) electrons. The predicted molar refractivity (Wildman–Crippen MR) is 154 cm³/mol. The van der Waals surface area contributed by atoms with Crippen LogP contribution in [-0.4, -0.2) is 68.1 Å². The second kappa shape index (κ2) is 16.8. The lowest BCUT2D eigenvalue weighted by atomic mass is 9.88. The first-order valence-electron chi connectivity index (χ1n) is 15.7. The summed E-state index contributed by atoms with van der Waals surface area (Å²) >= 11 is 3.87. The van der Waals surface area contributed by atoms with Crippen LogP contribution in [0.5, 0.6) is 0 Å². The molecule has 8 heteroatoms. The standard InChI is InChI=1S/C31H51BrO7/c1-3-4-5-11-22(37-30-14-6-8-18-35-30)16-17-23-24-20-28(25(32)12-10-13-29(33)34-2)38-27(24)21-26(23)39-31-15-7-9-19-36-31/h16-17,22-28,30-31H,3-15,18-21H2,1-2H3/t22-,23+,24+,25?,26+,27+,28?,30?,31?/m0/s1. The van der Waals surface area contributed by atoms with Crippen molar-refractivity contribution >= 4 is 21.9 Å². The normalized spacial score (nSPS) is 34.7. The van der Waals surface area contributed by atoms with Crippen LogP contribution in [0.25, 0.3) is 0 Å². The van der Waals surface area contributed by atoms with Crippen molar-refractivity contribution in [2.45, 2.75) is 145 Å². The topological polar surface area (TPSA) is 72.5 Å². The highest BCUT2D eigenvalue weighted by Gasteiger charge is 2.51. The molecule has 3 saturated heterocycles. The maximum atomic E-state index is 11.5. The maximum absolute atomic E-state index is 11.5. The molecule has 1 aliphatic carbocycles. The quantitative estimate of drug-likeness (QED) is 0.0864. The van der Waals surface area contributed by atoms with Crippen molar-refractivity contribution < 1.29 is 33.2 Å². The Balaban J connectivity index is 1.40. The number of methoxy groups -OCH3 is 1. The number of ether oxygens (including phenoxy) is 6. The van der Waals surface area contributed by atoms with Gasteiger partial charge in [0.25, 0.3) is 0 Å². The van der Waals surface area contributed by atoms with Gasteiger partial charge in [0.1, 0.15) is 0 Å². The highest BCUT2D eigenvalue weighted by Crippen LogP contribution is 2.48. The fraction of sp³-hybridized carbons (Fsp3) is 0.903. The van der Waals surface area contributed by atoms with E-state index in [2.05, 4.69) is 35.0 Å². The van der Waals surface area contributed by atoms with E-state index in [9.17, 15) is 4.79 Å². The van der Waals surface area contributed by atoms with E-state index in [4.69, 9.17) is 28.4 Å². The summed E-state index contributed by atoms with van der Waals surface area (Å²) in [4.78, 5) is 11.8. The van der Waals surface area contributed by atoms with E-state index in [-0.39, 0.29) is 53.7 Å². The van der Waals surface area contributed by atoms with Crippen molar-refractivity contribution in [2.24, 2.45) is 11.8 Å². The molecule has 0 aromatic rings. The van der Waals surface area contributed by atoms with Gasteiger partial charge < -0.3 is 28.4 Å². The van der Waals surface area contributed by atoms with Crippen molar-refractivity contribution in [3.05, 3.63) is 12.2 Å². The van der Waals surface area contributed by atoms with E-state index in [1.54, 1.807) is 0 Å². The number of alkyl halides is 1. The third-order valence-electron chi connectivity index (χ3n) is 8.78. The SMILES string of the molecule is CCCCC[C@@H](C=C[C@@H]1[C@H]2CC(C(Br)CCCC(=O)OC)O[C@@H]2C[C@H]1OC1CCCCO1)OC1CCCCO1. The molecule has 4 aliphatic rings. The summed E-state index contributed by atoms with van der Waals surface area (Å²) in [5, 5.41) is 0. The number of rotatable bonds is 15. The molecule has 0 aromatic carbocycles. The van der Waals surface area contributed by atoms with E-state index >= 15 is 0 Å². The number of carbonyl (C=O) groups is 1. The Morgan fingerprint density at radius 2 is 1.77 bits per heavy atom. The fourth-order valence-corrected chi connectivity index (χ4v) is 7.22. The van der Waals surface area contributed by atoms with Crippen LogP contribution in [0.3, 0.4) is 0 Å². The Morgan fingerprint density at radius 3 is 2.46 bits per heavy atom. The summed E-state index contributed by atoms with van der Waals surface area (Å²) in [5.74, 6) is 0.524. The molecule has 4 fully saturated rings. The number of unbranched alkanes of at least 4 members (excludes halogenated alkanes) is 2. The molecule has 0 aromatic heterocycles. The molecule has 0 bridgehead atoms. The van der Waals surface area contributed by atoms with Gasteiger partial charge in [-0.1, -0.05) is 54.3 Å². The van der Waals surface area contributed by atoms with Crippen LogP contribution in [0.2, 0.25) is 0 Å². The molecule has 1 saturated carbocycles. The van der Waals surface area contributed by atoms with Gasteiger partial charge in [0.05, 0.1) is 31.5 Å². The predicted octanol–water partition coefficient (Wildman–Crippen LogP) is 6.85. The first-order valence-corrected chi connectivity index (χ1v) is 16.6. The lowest BCUT2D eigenvalue weighted by molar-refractivity contribution is -0.194. The summed E-state index contributed by atoms with van der Waals surface area (Å²) < 4.78 is 36.4. The summed E-state index contributed by atoms with van der Waals surface area (Å²) in [6.45, 7) is 3.83. The monoisotopic (exact) mass is 614 g/mol. The second-order valence-corrected chi connectivity index (χ2v) is 12.9. The molecule has 0 amide bonds. The van der Waals surface area contributed by atoms with Gasteiger partial charge in [0.2, 0.25) is 0 Å². The van der Waals surface area contributed by atoms with Gasteiger partial charge in [-0.05, 0) is 70.1 Å². The third-order valence-corrected chi connectivity index (χ3v) is 9.83. The lowest BCUT2D eigenvalue weighted by Gasteiger charge is -2.30. The Morgan fingerprint density at radius 1 is 1.00 bits per heavy atom. The minimum absolute atomic E-state index is 0.0608. The highest BCUT2D eigenvalue weighted by molar-refractivity contribution is 9.09. The molecule has 3 heterocycles. The number of fused-ring (bicyclic) bond motifs is 1. The molecule has 39 heavy (non-hydrogen) atoms. The minimum Gasteiger partial charge on any atom is -0.469 e. The number of halogens is 1. The summed E-state index contributed by atoms with van der Waals surface area (Å²) in [6, 6.07) is 0. The van der Waals surface area contributed by atoms with Crippen molar-refractivity contribution in [1.29, 1.82) is 0 Å².